The predicted molar refractivity (Wildman–Crippen MR) is 76.1 cm³/mol. The molecule has 20 heavy (non-hydrogen) atoms. The van der Waals surface area contributed by atoms with Gasteiger partial charge in [0.15, 0.2) is 0 Å². The molecule has 0 bridgehead atoms. The molecule has 1 saturated heterocycles. The van der Waals surface area contributed by atoms with Crippen LogP contribution in [0.15, 0.2) is 18.2 Å². The fraction of sp³-hybridized carbons (Fsp3) is 0.571. The molecule has 0 unspecified atom stereocenters. The summed E-state index contributed by atoms with van der Waals surface area (Å²) in [6.45, 7) is 3.13. The zero-order chi connectivity index (χ0) is 14.7. The second-order valence-electron chi connectivity index (χ2n) is 5.25. The Morgan fingerprint density at radius 2 is 2.00 bits per heavy atom. The van der Waals surface area contributed by atoms with Crippen molar-refractivity contribution in [3.63, 3.8) is 0 Å². The van der Waals surface area contributed by atoms with Crippen LogP contribution in [-0.4, -0.2) is 64.8 Å². The van der Waals surface area contributed by atoms with E-state index in [4.69, 9.17) is 16.3 Å². The average molecular weight is 302 g/mol. The number of halogens is 1. The highest BCUT2D eigenvalue weighted by atomic mass is 35.5. The van der Waals surface area contributed by atoms with Crippen LogP contribution in [0.5, 0.6) is 5.75 Å². The Hall–Kier alpha value is -0.850. The summed E-state index contributed by atoms with van der Waals surface area (Å²) in [5, 5.41) is 29.3. The number of hydrogen-bond donors (Lipinski definition) is 3. The van der Waals surface area contributed by atoms with Gasteiger partial charge < -0.3 is 20.1 Å². The van der Waals surface area contributed by atoms with Crippen LogP contribution in [-0.2, 0) is 0 Å². The van der Waals surface area contributed by atoms with Crippen molar-refractivity contribution in [2.75, 3.05) is 26.2 Å². The summed E-state index contributed by atoms with van der Waals surface area (Å²) < 4.78 is 5.51. The van der Waals surface area contributed by atoms with Crippen LogP contribution in [0.2, 0.25) is 5.02 Å². The minimum absolute atomic E-state index is 0.117. The molecule has 2 rings (SSSR count). The van der Waals surface area contributed by atoms with Gasteiger partial charge in [0.1, 0.15) is 18.5 Å². The van der Waals surface area contributed by atoms with Gasteiger partial charge in [-0.25, -0.2) is 0 Å². The van der Waals surface area contributed by atoms with E-state index in [1.807, 2.05) is 19.1 Å². The zero-order valence-electron chi connectivity index (χ0n) is 11.4. The topological polar surface area (TPSA) is 73.2 Å². The van der Waals surface area contributed by atoms with Crippen molar-refractivity contribution in [3.8, 4) is 5.75 Å². The average Bonchev–Trinajstić information content (AvgIpc) is 2.69. The lowest BCUT2D eigenvalue weighted by molar-refractivity contribution is 0.0572. The Bertz CT molecular complexity index is 447. The van der Waals surface area contributed by atoms with Crippen molar-refractivity contribution < 1.29 is 20.1 Å². The molecule has 112 valence electrons. The van der Waals surface area contributed by atoms with Crippen LogP contribution in [0.1, 0.15) is 5.56 Å². The van der Waals surface area contributed by atoms with Crippen LogP contribution in [0, 0.1) is 6.92 Å². The third-order valence-electron chi connectivity index (χ3n) is 3.32. The predicted octanol–water partition coefficient (Wildman–Crippen LogP) is 0.426. The second-order valence-corrected chi connectivity index (χ2v) is 5.66. The van der Waals surface area contributed by atoms with Crippen molar-refractivity contribution in [3.05, 3.63) is 28.8 Å². The molecule has 1 aromatic carbocycles. The van der Waals surface area contributed by atoms with E-state index in [1.54, 1.807) is 11.0 Å². The summed E-state index contributed by atoms with van der Waals surface area (Å²) >= 11 is 6.01. The third kappa shape index (κ3) is 4.07. The van der Waals surface area contributed by atoms with Crippen molar-refractivity contribution in [2.24, 2.45) is 0 Å². The number of hydrogen-bond acceptors (Lipinski definition) is 5. The summed E-state index contributed by atoms with van der Waals surface area (Å²) in [6.07, 6.45) is -2.19. The number of aliphatic hydroxyl groups is 3. The maximum atomic E-state index is 9.93. The van der Waals surface area contributed by atoms with E-state index in [9.17, 15) is 15.3 Å². The molecule has 1 aliphatic heterocycles. The maximum absolute atomic E-state index is 9.93. The molecule has 0 saturated carbocycles. The lowest BCUT2D eigenvalue weighted by Crippen LogP contribution is -2.35. The van der Waals surface area contributed by atoms with Crippen LogP contribution in [0.4, 0.5) is 0 Å². The zero-order valence-corrected chi connectivity index (χ0v) is 12.1. The number of rotatable bonds is 5. The highest BCUT2D eigenvalue weighted by molar-refractivity contribution is 6.32. The number of aliphatic hydroxyl groups excluding tert-OH is 3. The molecular weight excluding hydrogens is 282 g/mol. The molecule has 5 nitrogen and oxygen atoms in total. The van der Waals surface area contributed by atoms with Crippen LogP contribution >= 0.6 is 11.6 Å². The van der Waals surface area contributed by atoms with Gasteiger partial charge in [-0.15, -0.1) is 0 Å². The first-order chi connectivity index (χ1) is 9.45. The largest absolute Gasteiger partial charge is 0.489 e. The maximum Gasteiger partial charge on any atom is 0.138 e. The van der Waals surface area contributed by atoms with Gasteiger partial charge in [-0.3, -0.25) is 4.90 Å². The third-order valence-corrected chi connectivity index (χ3v) is 3.63. The lowest BCUT2D eigenvalue weighted by Gasteiger charge is -2.20. The molecule has 3 atom stereocenters. The van der Waals surface area contributed by atoms with Gasteiger partial charge in [0.05, 0.1) is 17.2 Å². The monoisotopic (exact) mass is 301 g/mol. The summed E-state index contributed by atoms with van der Waals surface area (Å²) in [4.78, 5) is 1.81. The van der Waals surface area contributed by atoms with Gasteiger partial charge in [-0.2, -0.15) is 0 Å². The SMILES string of the molecule is Cc1ccc(Cl)c(OC[C@H](O)CN2C[C@@H](O)[C@@H](O)C2)c1. The molecule has 1 aliphatic rings. The van der Waals surface area contributed by atoms with Crippen LogP contribution in [0.25, 0.3) is 0 Å². The molecule has 0 spiro atoms. The normalized spacial score (nSPS) is 24.9. The molecule has 6 heteroatoms. The summed E-state index contributed by atoms with van der Waals surface area (Å²) in [5.41, 5.74) is 1.03. The molecule has 1 fully saturated rings. The van der Waals surface area contributed by atoms with Crippen molar-refractivity contribution in [1.29, 1.82) is 0 Å². The Balaban J connectivity index is 1.80. The van der Waals surface area contributed by atoms with Crippen molar-refractivity contribution in [2.45, 2.75) is 25.2 Å². The smallest absolute Gasteiger partial charge is 0.138 e. The number of nitrogens with zero attached hydrogens (tertiary/aromatic N) is 1. The molecular formula is C14H20ClNO4. The molecule has 0 aromatic heterocycles. The summed E-state index contributed by atoms with van der Waals surface area (Å²) in [6, 6.07) is 5.46. The first-order valence-corrected chi connectivity index (χ1v) is 6.99. The Morgan fingerprint density at radius 1 is 1.35 bits per heavy atom. The molecule has 1 aromatic rings. The quantitative estimate of drug-likeness (QED) is 0.735. The number of aryl methyl sites for hydroxylation is 1. The Kier molecular flexibility index (Phi) is 5.23. The number of β-amino-alcohol motifs (C(OH)–C–C–N with tert-alkyl or cyclic N) is 3. The highest BCUT2D eigenvalue weighted by Gasteiger charge is 2.30. The van der Waals surface area contributed by atoms with Crippen LogP contribution < -0.4 is 4.74 Å². The van der Waals surface area contributed by atoms with Gasteiger partial charge in [0, 0.05) is 19.6 Å². The lowest BCUT2D eigenvalue weighted by atomic mass is 10.2. The number of ether oxygens (including phenoxy) is 1. The van der Waals surface area contributed by atoms with E-state index in [0.717, 1.165) is 5.56 Å². The van der Waals surface area contributed by atoms with E-state index < -0.39 is 18.3 Å². The van der Waals surface area contributed by atoms with Gasteiger partial charge >= 0.3 is 0 Å². The Morgan fingerprint density at radius 3 is 2.65 bits per heavy atom. The number of benzene rings is 1. The van der Waals surface area contributed by atoms with Crippen LogP contribution in [0.3, 0.4) is 0 Å². The van der Waals surface area contributed by atoms with E-state index in [-0.39, 0.29) is 6.61 Å². The second kappa shape index (κ2) is 6.74. The fourth-order valence-electron chi connectivity index (χ4n) is 2.25. The molecule has 0 radical (unpaired) electrons. The molecule has 0 aliphatic carbocycles. The minimum atomic E-state index is -0.741. The van der Waals surface area contributed by atoms with E-state index in [1.165, 1.54) is 0 Å². The van der Waals surface area contributed by atoms with Gasteiger partial charge in [-0.05, 0) is 24.6 Å². The standard InChI is InChI=1S/C14H20ClNO4/c1-9-2-3-11(15)14(4-9)20-8-10(17)5-16-6-12(18)13(19)7-16/h2-4,10,12-13,17-19H,5-8H2,1H3/t10-,12-,13+/m1/s1. The molecule has 0 amide bonds. The molecule has 3 N–H and O–H groups in total. The van der Waals surface area contributed by atoms with E-state index >= 15 is 0 Å². The van der Waals surface area contributed by atoms with Gasteiger partial charge in [0.2, 0.25) is 0 Å². The van der Waals surface area contributed by atoms with Crippen molar-refractivity contribution >= 4 is 11.6 Å². The number of likely N-dealkylation sites (tertiary alicyclic amines) is 1. The first-order valence-electron chi connectivity index (χ1n) is 6.61. The van der Waals surface area contributed by atoms with E-state index in [0.29, 0.717) is 30.4 Å². The molecule has 1 heterocycles. The minimum Gasteiger partial charge on any atom is -0.489 e. The summed E-state index contributed by atoms with van der Waals surface area (Å²) in [5.74, 6) is 0.548. The Labute approximate surface area is 123 Å². The highest BCUT2D eigenvalue weighted by Crippen LogP contribution is 2.25. The van der Waals surface area contributed by atoms with Gasteiger partial charge in [-0.1, -0.05) is 17.7 Å². The van der Waals surface area contributed by atoms with E-state index in [2.05, 4.69) is 0 Å². The fourth-order valence-corrected chi connectivity index (χ4v) is 2.43. The van der Waals surface area contributed by atoms with Crippen molar-refractivity contribution in [1.82, 2.24) is 4.90 Å². The summed E-state index contributed by atoms with van der Waals surface area (Å²) in [7, 11) is 0. The first kappa shape index (κ1) is 15.5. The van der Waals surface area contributed by atoms with Gasteiger partial charge in [0.25, 0.3) is 0 Å².